The Morgan fingerprint density at radius 3 is 0.850 bits per heavy atom. The van der Waals surface area contributed by atoms with Gasteiger partial charge in [0.25, 0.3) is 0 Å². The fraction of sp³-hybridized carbons (Fsp3) is 0. The summed E-state index contributed by atoms with van der Waals surface area (Å²) < 4.78 is 135. The number of rotatable bonds is 4. The lowest BCUT2D eigenvalue weighted by molar-refractivity contribution is 0.377. The second-order valence-electron chi connectivity index (χ2n) is 8.13. The number of hydrogen-bond donors (Lipinski definition) is 0. The highest BCUT2D eigenvalue weighted by atomic mass is 19.2. The van der Waals surface area contributed by atoms with Gasteiger partial charge in [0, 0.05) is 11.1 Å². The van der Waals surface area contributed by atoms with E-state index in [-0.39, 0.29) is 0 Å². The van der Waals surface area contributed by atoms with Gasteiger partial charge in [0.2, 0.25) is 11.6 Å². The predicted octanol–water partition coefficient (Wildman–Crippen LogP) is 8.82. The van der Waals surface area contributed by atoms with Crippen molar-refractivity contribution in [3.8, 4) is 11.8 Å². The van der Waals surface area contributed by atoms with Crippen molar-refractivity contribution < 1.29 is 43.9 Å². The Hall–Kier alpha value is -4.78. The van der Waals surface area contributed by atoms with Crippen LogP contribution in [0.25, 0.3) is 24.3 Å². The number of benzene rings is 4. The molecule has 0 nitrogen and oxygen atoms in total. The second-order valence-corrected chi connectivity index (χ2v) is 8.13. The normalized spacial score (nSPS) is 11.3. The minimum absolute atomic E-state index is 0.388. The zero-order valence-electron chi connectivity index (χ0n) is 19.7. The zero-order chi connectivity index (χ0) is 29.1. The molecule has 0 aliphatic rings. The average Bonchev–Trinajstić information content (AvgIpc) is 2.97. The van der Waals surface area contributed by atoms with E-state index in [0.29, 0.717) is 22.3 Å². The zero-order valence-corrected chi connectivity index (χ0v) is 19.7. The van der Waals surface area contributed by atoms with Gasteiger partial charge in [0.15, 0.2) is 46.5 Å². The van der Waals surface area contributed by atoms with Crippen molar-refractivity contribution in [3.05, 3.63) is 140 Å². The topological polar surface area (TPSA) is 0 Å². The summed E-state index contributed by atoms with van der Waals surface area (Å²) in [7, 11) is 0. The van der Waals surface area contributed by atoms with Gasteiger partial charge in [-0.15, -0.1) is 0 Å². The Morgan fingerprint density at radius 2 is 0.575 bits per heavy atom. The highest BCUT2D eigenvalue weighted by molar-refractivity contribution is 5.71. The van der Waals surface area contributed by atoms with E-state index in [1.54, 1.807) is 24.3 Å². The van der Waals surface area contributed by atoms with Gasteiger partial charge in [-0.05, 0) is 47.5 Å². The summed E-state index contributed by atoms with van der Waals surface area (Å²) in [5.41, 5.74) is -0.345. The Balaban J connectivity index is 1.46. The van der Waals surface area contributed by atoms with Crippen LogP contribution in [0.15, 0.2) is 48.5 Å². The molecule has 0 aromatic heterocycles. The first-order valence-corrected chi connectivity index (χ1v) is 11.1. The van der Waals surface area contributed by atoms with Crippen molar-refractivity contribution in [2.24, 2.45) is 0 Å². The van der Waals surface area contributed by atoms with E-state index in [2.05, 4.69) is 11.8 Å². The highest BCUT2D eigenvalue weighted by Gasteiger charge is 2.25. The van der Waals surface area contributed by atoms with Gasteiger partial charge < -0.3 is 0 Å². The fourth-order valence-corrected chi connectivity index (χ4v) is 3.39. The van der Waals surface area contributed by atoms with Crippen LogP contribution in [0.3, 0.4) is 0 Å². The molecule has 0 amide bonds. The van der Waals surface area contributed by atoms with E-state index in [0.717, 1.165) is 24.3 Å². The van der Waals surface area contributed by atoms with E-state index >= 15 is 0 Å². The molecule has 0 atom stereocenters. The summed E-state index contributed by atoms with van der Waals surface area (Å²) in [5, 5.41) is 0. The van der Waals surface area contributed by atoms with Crippen LogP contribution in [0.1, 0.15) is 33.4 Å². The first-order valence-electron chi connectivity index (χ1n) is 11.1. The van der Waals surface area contributed by atoms with Crippen LogP contribution < -0.4 is 0 Å². The second kappa shape index (κ2) is 11.5. The third-order valence-electron chi connectivity index (χ3n) is 5.54. The lowest BCUT2D eigenvalue weighted by atomic mass is 10.1. The van der Waals surface area contributed by atoms with E-state index in [9.17, 15) is 43.9 Å². The summed E-state index contributed by atoms with van der Waals surface area (Å²) in [5.74, 6) is -14.8. The largest absolute Gasteiger partial charge is 0.203 e. The van der Waals surface area contributed by atoms with Gasteiger partial charge in [-0.2, -0.15) is 0 Å². The number of hydrogen-bond acceptors (Lipinski definition) is 0. The van der Waals surface area contributed by atoms with Crippen molar-refractivity contribution in [1.82, 2.24) is 0 Å². The minimum atomic E-state index is -2.25. The fourth-order valence-electron chi connectivity index (χ4n) is 3.39. The summed E-state index contributed by atoms with van der Waals surface area (Å²) in [6.07, 6.45) is 3.85. The van der Waals surface area contributed by atoms with Gasteiger partial charge in [0.1, 0.15) is 0 Å². The third-order valence-corrected chi connectivity index (χ3v) is 5.54. The molecule has 202 valence electrons. The molecular formula is C30H12F10. The van der Waals surface area contributed by atoms with Crippen LogP contribution in [0.4, 0.5) is 43.9 Å². The van der Waals surface area contributed by atoms with Crippen molar-refractivity contribution in [1.29, 1.82) is 0 Å². The SMILES string of the molecule is Fc1c(F)c(F)c(C=Cc2ccc(C#Cc3ccc(C=Cc4c(F)c(F)c(F)c(F)c4F)cc3)cc2)c(F)c1F. The molecule has 0 saturated carbocycles. The molecule has 4 aromatic rings. The van der Waals surface area contributed by atoms with Gasteiger partial charge in [0.05, 0.1) is 11.1 Å². The standard InChI is InChI=1S/C30H12F10/c31-21-19(22(32)26(36)29(39)25(21)35)13-11-17-7-3-15(4-8-17)1-2-16-5-9-18(10-6-16)12-14-20-23(33)27(37)30(40)28(38)24(20)34/h3-14H. The van der Waals surface area contributed by atoms with Gasteiger partial charge in [-0.3, -0.25) is 0 Å². The van der Waals surface area contributed by atoms with Crippen LogP contribution in [0, 0.1) is 70.0 Å². The van der Waals surface area contributed by atoms with Crippen molar-refractivity contribution in [2.45, 2.75) is 0 Å². The molecule has 10 heteroatoms. The predicted molar refractivity (Wildman–Crippen MR) is 129 cm³/mol. The summed E-state index contributed by atoms with van der Waals surface area (Å²) in [6, 6.07) is 12.2. The van der Waals surface area contributed by atoms with E-state index in [4.69, 9.17) is 0 Å². The Bertz CT molecular complexity index is 1540. The maximum atomic E-state index is 13.8. The van der Waals surface area contributed by atoms with Crippen LogP contribution in [-0.4, -0.2) is 0 Å². The molecule has 0 unspecified atom stereocenters. The highest BCUT2D eigenvalue weighted by Crippen LogP contribution is 2.26. The molecule has 0 spiro atoms. The molecular weight excluding hydrogens is 550 g/mol. The van der Waals surface area contributed by atoms with Crippen molar-refractivity contribution >= 4 is 24.3 Å². The molecule has 0 N–H and O–H groups in total. The molecule has 0 heterocycles. The molecule has 40 heavy (non-hydrogen) atoms. The van der Waals surface area contributed by atoms with Gasteiger partial charge >= 0.3 is 0 Å². The lowest BCUT2D eigenvalue weighted by Crippen LogP contribution is -2.03. The summed E-state index contributed by atoms with van der Waals surface area (Å²) in [4.78, 5) is 0. The quantitative estimate of drug-likeness (QED) is 0.0767. The average molecular weight is 562 g/mol. The van der Waals surface area contributed by atoms with Crippen LogP contribution in [0.5, 0.6) is 0 Å². The molecule has 0 saturated heterocycles. The number of halogens is 10. The molecule has 0 bridgehead atoms. The van der Waals surface area contributed by atoms with Crippen molar-refractivity contribution in [3.63, 3.8) is 0 Å². The summed E-state index contributed by atoms with van der Waals surface area (Å²) >= 11 is 0. The Morgan fingerprint density at radius 1 is 0.325 bits per heavy atom. The third kappa shape index (κ3) is 5.64. The monoisotopic (exact) mass is 562 g/mol. The molecule has 0 aliphatic heterocycles. The van der Waals surface area contributed by atoms with E-state index < -0.39 is 69.3 Å². The van der Waals surface area contributed by atoms with Crippen LogP contribution in [0.2, 0.25) is 0 Å². The summed E-state index contributed by atoms with van der Waals surface area (Å²) in [6.45, 7) is 0. The Labute approximate surface area is 220 Å². The first kappa shape index (κ1) is 28.2. The van der Waals surface area contributed by atoms with Crippen molar-refractivity contribution in [2.75, 3.05) is 0 Å². The van der Waals surface area contributed by atoms with Gasteiger partial charge in [-0.25, -0.2) is 43.9 Å². The molecule has 0 fully saturated rings. The maximum Gasteiger partial charge on any atom is 0.200 e. The molecule has 4 aromatic carbocycles. The minimum Gasteiger partial charge on any atom is -0.203 e. The molecule has 0 radical (unpaired) electrons. The van der Waals surface area contributed by atoms with E-state index in [1.165, 1.54) is 24.3 Å². The van der Waals surface area contributed by atoms with Gasteiger partial charge in [-0.1, -0.05) is 48.3 Å². The molecule has 4 rings (SSSR count). The first-order chi connectivity index (χ1) is 19.0. The molecule has 0 aliphatic carbocycles. The van der Waals surface area contributed by atoms with Crippen LogP contribution in [-0.2, 0) is 0 Å². The maximum absolute atomic E-state index is 13.8. The van der Waals surface area contributed by atoms with E-state index in [1.807, 2.05) is 0 Å². The lowest BCUT2D eigenvalue weighted by Gasteiger charge is -2.04. The smallest absolute Gasteiger partial charge is 0.200 e. The van der Waals surface area contributed by atoms with Crippen LogP contribution >= 0.6 is 0 Å². The Kier molecular flexibility index (Phi) is 8.14.